The van der Waals surface area contributed by atoms with Crippen molar-refractivity contribution in [3.63, 3.8) is 0 Å². The Hall–Kier alpha value is -1.51. The van der Waals surface area contributed by atoms with Crippen molar-refractivity contribution in [1.82, 2.24) is 14.7 Å². The molecule has 112 valence electrons. The Morgan fingerprint density at radius 3 is 2.71 bits per heavy atom. The van der Waals surface area contributed by atoms with Crippen LogP contribution in [0.1, 0.15) is 11.5 Å². The summed E-state index contributed by atoms with van der Waals surface area (Å²) in [4.78, 5) is 8.27. The van der Waals surface area contributed by atoms with Gasteiger partial charge in [-0.2, -0.15) is 0 Å². The molecule has 0 spiro atoms. The summed E-state index contributed by atoms with van der Waals surface area (Å²) in [6.07, 6.45) is 1.59. The molecule has 0 saturated carbocycles. The summed E-state index contributed by atoms with van der Waals surface area (Å²) in [6, 6.07) is 6.23. The predicted molar refractivity (Wildman–Crippen MR) is 81.5 cm³/mol. The molecule has 1 N–H and O–H groups in total. The molecule has 1 aromatic carbocycles. The molecule has 0 bridgehead atoms. The fourth-order valence-electron chi connectivity index (χ4n) is 1.67. The molecular formula is C13H14BrN3O3S. The number of benzene rings is 1. The third kappa shape index (κ3) is 3.99. The predicted octanol–water partition coefficient (Wildman–Crippen LogP) is 2.03. The Kier molecular flexibility index (Phi) is 4.92. The molecule has 6 nitrogen and oxygen atoms in total. The Labute approximate surface area is 131 Å². The van der Waals surface area contributed by atoms with Crippen LogP contribution in [0.4, 0.5) is 0 Å². The van der Waals surface area contributed by atoms with E-state index in [-0.39, 0.29) is 11.4 Å². The topological polar surface area (TPSA) is 81.2 Å². The number of rotatable bonds is 5. The lowest BCUT2D eigenvalue weighted by Gasteiger charge is -2.09. The number of halogens is 1. The monoisotopic (exact) mass is 371 g/mol. The van der Waals surface area contributed by atoms with Gasteiger partial charge in [0.15, 0.2) is 0 Å². The molecule has 8 heteroatoms. The summed E-state index contributed by atoms with van der Waals surface area (Å²) in [5, 5.41) is 0. The number of nitrogens with one attached hydrogen (secondary N) is 1. The second-order valence-electron chi connectivity index (χ2n) is 4.22. The molecule has 21 heavy (non-hydrogen) atoms. The van der Waals surface area contributed by atoms with Crippen LogP contribution in [0, 0.1) is 6.92 Å². The molecule has 0 unspecified atom stereocenters. The number of nitrogens with zero attached hydrogens (tertiary/aromatic N) is 2. The van der Waals surface area contributed by atoms with Crippen molar-refractivity contribution in [1.29, 1.82) is 0 Å². The molecule has 2 aromatic rings. The van der Waals surface area contributed by atoms with Gasteiger partial charge in [-0.25, -0.2) is 23.1 Å². The highest BCUT2D eigenvalue weighted by molar-refractivity contribution is 9.10. The van der Waals surface area contributed by atoms with Gasteiger partial charge in [-0.3, -0.25) is 0 Å². The minimum atomic E-state index is -3.61. The molecule has 0 atom stereocenters. The van der Waals surface area contributed by atoms with E-state index in [9.17, 15) is 8.42 Å². The summed E-state index contributed by atoms with van der Waals surface area (Å²) in [5.74, 6) is 1.17. The van der Waals surface area contributed by atoms with Crippen molar-refractivity contribution in [2.45, 2.75) is 18.4 Å². The van der Waals surface area contributed by atoms with Crippen molar-refractivity contribution in [2.75, 3.05) is 7.11 Å². The quantitative estimate of drug-likeness (QED) is 0.869. The van der Waals surface area contributed by atoms with Gasteiger partial charge >= 0.3 is 0 Å². The van der Waals surface area contributed by atoms with E-state index >= 15 is 0 Å². The second-order valence-corrected chi connectivity index (χ2v) is 6.84. The molecular weight excluding hydrogens is 358 g/mol. The summed E-state index contributed by atoms with van der Waals surface area (Å²) < 4.78 is 32.6. The summed E-state index contributed by atoms with van der Waals surface area (Å²) >= 11 is 3.27. The van der Waals surface area contributed by atoms with Gasteiger partial charge in [-0.05, 0) is 47.1 Å². The van der Waals surface area contributed by atoms with Crippen LogP contribution in [0.3, 0.4) is 0 Å². The van der Waals surface area contributed by atoms with Gasteiger partial charge in [0.25, 0.3) is 0 Å². The van der Waals surface area contributed by atoms with Gasteiger partial charge in [0.05, 0.1) is 28.7 Å². The Morgan fingerprint density at radius 2 is 2.10 bits per heavy atom. The number of methoxy groups -OCH3 is 1. The lowest BCUT2D eigenvalue weighted by molar-refractivity contribution is 0.411. The first kappa shape index (κ1) is 15.9. The third-order valence-electron chi connectivity index (χ3n) is 2.71. The maximum Gasteiger partial charge on any atom is 0.240 e. The van der Waals surface area contributed by atoms with Gasteiger partial charge in [-0.1, -0.05) is 0 Å². The van der Waals surface area contributed by atoms with Crippen LogP contribution in [0.2, 0.25) is 0 Å². The summed E-state index contributed by atoms with van der Waals surface area (Å²) in [7, 11) is -2.10. The molecule has 0 radical (unpaired) electrons. The van der Waals surface area contributed by atoms with Gasteiger partial charge < -0.3 is 4.74 Å². The molecule has 2 rings (SSSR count). The highest BCUT2D eigenvalue weighted by Crippen LogP contribution is 2.27. The minimum absolute atomic E-state index is 0.106. The van der Waals surface area contributed by atoms with Crippen molar-refractivity contribution >= 4 is 26.0 Å². The largest absolute Gasteiger partial charge is 0.496 e. The first-order valence-electron chi connectivity index (χ1n) is 6.04. The molecule has 0 aliphatic heterocycles. The van der Waals surface area contributed by atoms with Crippen molar-refractivity contribution in [2.24, 2.45) is 0 Å². The minimum Gasteiger partial charge on any atom is -0.496 e. The fraction of sp³-hybridized carbons (Fsp3) is 0.231. The SMILES string of the molecule is COc1ccc(S(=O)(=O)NCc2ccnc(C)n2)cc1Br. The van der Waals surface area contributed by atoms with Crippen LogP contribution < -0.4 is 9.46 Å². The molecule has 1 heterocycles. The second kappa shape index (κ2) is 6.50. The van der Waals surface area contributed by atoms with E-state index in [0.717, 1.165) is 0 Å². The number of ether oxygens (including phenoxy) is 1. The van der Waals surface area contributed by atoms with Crippen molar-refractivity contribution in [3.05, 3.63) is 46.5 Å². The molecule has 0 fully saturated rings. The van der Waals surface area contributed by atoms with Crippen LogP contribution in [0.15, 0.2) is 39.8 Å². The Bertz CT molecular complexity index is 750. The van der Waals surface area contributed by atoms with Crippen LogP contribution in [-0.4, -0.2) is 25.5 Å². The Balaban J connectivity index is 2.17. The van der Waals surface area contributed by atoms with E-state index in [0.29, 0.717) is 21.7 Å². The average Bonchev–Trinajstić information content (AvgIpc) is 2.45. The van der Waals surface area contributed by atoms with Crippen LogP contribution in [0.25, 0.3) is 0 Å². The van der Waals surface area contributed by atoms with E-state index in [1.165, 1.54) is 19.2 Å². The van der Waals surface area contributed by atoms with Gasteiger partial charge in [0, 0.05) is 6.20 Å². The molecule has 0 saturated heterocycles. The smallest absolute Gasteiger partial charge is 0.240 e. The number of hydrogen-bond donors (Lipinski definition) is 1. The molecule has 0 aliphatic rings. The maximum atomic E-state index is 12.2. The van der Waals surface area contributed by atoms with Crippen molar-refractivity contribution < 1.29 is 13.2 Å². The first-order chi connectivity index (χ1) is 9.92. The van der Waals surface area contributed by atoms with Crippen LogP contribution in [-0.2, 0) is 16.6 Å². The van der Waals surface area contributed by atoms with Gasteiger partial charge in [0.1, 0.15) is 11.6 Å². The number of sulfonamides is 1. The fourth-order valence-corrected chi connectivity index (χ4v) is 3.39. The standard InChI is InChI=1S/C13H14BrN3O3S/c1-9-15-6-5-10(17-9)8-16-21(18,19)11-3-4-13(20-2)12(14)7-11/h3-7,16H,8H2,1-2H3. The zero-order chi connectivity index (χ0) is 15.5. The maximum absolute atomic E-state index is 12.2. The van der Waals surface area contributed by atoms with Crippen LogP contribution in [0.5, 0.6) is 5.75 Å². The molecule has 0 amide bonds. The first-order valence-corrected chi connectivity index (χ1v) is 8.32. The molecule has 1 aromatic heterocycles. The lowest BCUT2D eigenvalue weighted by Crippen LogP contribution is -2.24. The van der Waals surface area contributed by atoms with E-state index in [1.54, 1.807) is 25.3 Å². The summed E-state index contributed by atoms with van der Waals surface area (Å²) in [5.41, 5.74) is 0.610. The van der Waals surface area contributed by atoms with E-state index in [2.05, 4.69) is 30.6 Å². The molecule has 0 aliphatic carbocycles. The number of aryl methyl sites for hydroxylation is 1. The average molecular weight is 372 g/mol. The zero-order valence-electron chi connectivity index (χ0n) is 11.5. The Morgan fingerprint density at radius 1 is 1.33 bits per heavy atom. The highest BCUT2D eigenvalue weighted by atomic mass is 79.9. The number of hydrogen-bond acceptors (Lipinski definition) is 5. The third-order valence-corrected chi connectivity index (χ3v) is 4.73. The van der Waals surface area contributed by atoms with E-state index in [4.69, 9.17) is 4.74 Å². The zero-order valence-corrected chi connectivity index (χ0v) is 13.9. The van der Waals surface area contributed by atoms with Gasteiger partial charge in [0.2, 0.25) is 10.0 Å². The summed E-state index contributed by atoms with van der Waals surface area (Å²) in [6.45, 7) is 1.86. The van der Waals surface area contributed by atoms with E-state index < -0.39 is 10.0 Å². The van der Waals surface area contributed by atoms with Crippen molar-refractivity contribution in [3.8, 4) is 5.75 Å². The normalized spacial score (nSPS) is 11.4. The lowest BCUT2D eigenvalue weighted by atomic mass is 10.3. The van der Waals surface area contributed by atoms with Crippen LogP contribution >= 0.6 is 15.9 Å². The highest BCUT2D eigenvalue weighted by Gasteiger charge is 2.16. The number of aromatic nitrogens is 2. The van der Waals surface area contributed by atoms with Gasteiger partial charge in [-0.15, -0.1) is 0 Å². The van der Waals surface area contributed by atoms with E-state index in [1.807, 2.05) is 0 Å².